The van der Waals surface area contributed by atoms with E-state index in [4.69, 9.17) is 0 Å². The molecular formula is C13H17FN2. The molecule has 0 spiro atoms. The van der Waals surface area contributed by atoms with E-state index in [9.17, 15) is 4.39 Å². The maximum absolute atomic E-state index is 13.0. The Balaban J connectivity index is 1.89. The number of rotatable bonds is 3. The van der Waals surface area contributed by atoms with Crippen LogP contribution in [0.2, 0.25) is 0 Å². The SMILES string of the molecule is C=CN1CCC(Nc2cccc(F)c2)CC1. The van der Waals surface area contributed by atoms with E-state index in [2.05, 4.69) is 16.8 Å². The largest absolute Gasteiger partial charge is 0.382 e. The number of hydrogen-bond donors (Lipinski definition) is 1. The fourth-order valence-corrected chi connectivity index (χ4v) is 2.04. The van der Waals surface area contributed by atoms with Gasteiger partial charge in [0.1, 0.15) is 5.82 Å². The van der Waals surface area contributed by atoms with Crippen molar-refractivity contribution in [3.63, 3.8) is 0 Å². The van der Waals surface area contributed by atoms with Crippen molar-refractivity contribution in [1.29, 1.82) is 0 Å². The Bertz CT molecular complexity index is 357. The molecule has 2 nitrogen and oxygen atoms in total. The molecule has 1 heterocycles. The first-order chi connectivity index (χ1) is 7.78. The molecule has 1 saturated heterocycles. The van der Waals surface area contributed by atoms with Gasteiger partial charge in [-0.1, -0.05) is 12.6 Å². The highest BCUT2D eigenvalue weighted by Gasteiger charge is 2.16. The summed E-state index contributed by atoms with van der Waals surface area (Å²) in [4.78, 5) is 2.21. The Morgan fingerprint density at radius 2 is 2.12 bits per heavy atom. The van der Waals surface area contributed by atoms with Gasteiger partial charge < -0.3 is 10.2 Å². The lowest BCUT2D eigenvalue weighted by Crippen LogP contribution is -2.36. The summed E-state index contributed by atoms with van der Waals surface area (Å²) in [6.45, 7) is 5.81. The molecule has 0 amide bonds. The minimum absolute atomic E-state index is 0.187. The van der Waals surface area contributed by atoms with Crippen LogP contribution >= 0.6 is 0 Å². The minimum Gasteiger partial charge on any atom is -0.382 e. The van der Waals surface area contributed by atoms with Gasteiger partial charge in [0.25, 0.3) is 0 Å². The van der Waals surface area contributed by atoms with Crippen molar-refractivity contribution in [1.82, 2.24) is 4.90 Å². The van der Waals surface area contributed by atoms with Gasteiger partial charge in [-0.3, -0.25) is 0 Å². The van der Waals surface area contributed by atoms with Crippen LogP contribution in [0.3, 0.4) is 0 Å². The smallest absolute Gasteiger partial charge is 0.125 e. The molecule has 0 atom stereocenters. The van der Waals surface area contributed by atoms with E-state index in [1.807, 2.05) is 12.3 Å². The van der Waals surface area contributed by atoms with Crippen LogP contribution in [0.4, 0.5) is 10.1 Å². The molecule has 0 radical (unpaired) electrons. The van der Waals surface area contributed by atoms with Crippen LogP contribution in [-0.2, 0) is 0 Å². The summed E-state index contributed by atoms with van der Waals surface area (Å²) in [6, 6.07) is 7.09. The second kappa shape index (κ2) is 5.01. The van der Waals surface area contributed by atoms with Crippen LogP contribution in [0.25, 0.3) is 0 Å². The number of piperidine rings is 1. The maximum Gasteiger partial charge on any atom is 0.125 e. The molecule has 1 aliphatic heterocycles. The van der Waals surface area contributed by atoms with Gasteiger partial charge >= 0.3 is 0 Å². The van der Waals surface area contributed by atoms with Crippen LogP contribution in [-0.4, -0.2) is 24.0 Å². The Labute approximate surface area is 95.8 Å². The summed E-state index contributed by atoms with van der Waals surface area (Å²) >= 11 is 0. The standard InChI is InChI=1S/C13H17FN2/c1-2-16-8-6-12(7-9-16)15-13-5-3-4-11(14)10-13/h2-5,10,12,15H,1,6-9H2. The van der Waals surface area contributed by atoms with Crippen molar-refractivity contribution < 1.29 is 4.39 Å². The van der Waals surface area contributed by atoms with Crippen molar-refractivity contribution in [3.8, 4) is 0 Å². The Kier molecular flexibility index (Phi) is 3.44. The summed E-state index contributed by atoms with van der Waals surface area (Å²) < 4.78 is 13.0. The van der Waals surface area contributed by atoms with E-state index in [1.54, 1.807) is 12.1 Å². The zero-order valence-electron chi connectivity index (χ0n) is 9.32. The van der Waals surface area contributed by atoms with Gasteiger partial charge in [0.2, 0.25) is 0 Å². The first-order valence-corrected chi connectivity index (χ1v) is 5.66. The molecule has 1 fully saturated rings. The summed E-state index contributed by atoms with van der Waals surface area (Å²) in [6.07, 6.45) is 4.03. The molecule has 1 aromatic carbocycles. The van der Waals surface area contributed by atoms with Gasteiger partial charge in [0.05, 0.1) is 0 Å². The first kappa shape index (κ1) is 11.0. The number of nitrogens with one attached hydrogen (secondary N) is 1. The number of benzene rings is 1. The van der Waals surface area contributed by atoms with Crippen molar-refractivity contribution >= 4 is 5.69 Å². The lowest BCUT2D eigenvalue weighted by molar-refractivity contribution is 0.294. The number of anilines is 1. The summed E-state index contributed by atoms with van der Waals surface area (Å²) in [5.74, 6) is -0.187. The van der Waals surface area contributed by atoms with E-state index in [0.717, 1.165) is 31.6 Å². The van der Waals surface area contributed by atoms with Gasteiger partial charge in [-0.15, -0.1) is 0 Å². The van der Waals surface area contributed by atoms with E-state index in [1.165, 1.54) is 6.07 Å². The Morgan fingerprint density at radius 3 is 2.75 bits per heavy atom. The molecule has 0 saturated carbocycles. The molecular weight excluding hydrogens is 203 g/mol. The molecule has 86 valence electrons. The lowest BCUT2D eigenvalue weighted by atomic mass is 10.1. The molecule has 1 aromatic rings. The highest BCUT2D eigenvalue weighted by molar-refractivity contribution is 5.44. The third-order valence-corrected chi connectivity index (χ3v) is 2.98. The van der Waals surface area contributed by atoms with Crippen LogP contribution in [0, 0.1) is 5.82 Å². The van der Waals surface area contributed by atoms with Crippen molar-refractivity contribution in [2.75, 3.05) is 18.4 Å². The maximum atomic E-state index is 13.0. The molecule has 0 bridgehead atoms. The summed E-state index contributed by atoms with van der Waals surface area (Å²) in [5, 5.41) is 3.37. The van der Waals surface area contributed by atoms with Crippen molar-refractivity contribution in [2.45, 2.75) is 18.9 Å². The number of nitrogens with zero attached hydrogens (tertiary/aromatic N) is 1. The average Bonchev–Trinajstić information content (AvgIpc) is 2.30. The minimum atomic E-state index is -0.187. The topological polar surface area (TPSA) is 15.3 Å². The van der Waals surface area contributed by atoms with Crippen LogP contribution in [0.5, 0.6) is 0 Å². The average molecular weight is 220 g/mol. The van der Waals surface area contributed by atoms with Gasteiger partial charge in [-0.05, 0) is 37.2 Å². The van der Waals surface area contributed by atoms with Gasteiger partial charge in [-0.25, -0.2) is 4.39 Å². The summed E-state index contributed by atoms with van der Waals surface area (Å²) in [7, 11) is 0. The molecule has 0 aliphatic carbocycles. The highest BCUT2D eigenvalue weighted by atomic mass is 19.1. The number of hydrogen-bond acceptors (Lipinski definition) is 2. The first-order valence-electron chi connectivity index (χ1n) is 5.66. The number of halogens is 1. The van der Waals surface area contributed by atoms with E-state index in [0.29, 0.717) is 6.04 Å². The fraction of sp³-hybridized carbons (Fsp3) is 0.385. The molecule has 3 heteroatoms. The normalized spacial score (nSPS) is 17.2. The Hall–Kier alpha value is -1.51. The van der Waals surface area contributed by atoms with Gasteiger partial charge in [-0.2, -0.15) is 0 Å². The summed E-state index contributed by atoms with van der Waals surface area (Å²) in [5.41, 5.74) is 0.872. The zero-order chi connectivity index (χ0) is 11.4. The molecule has 0 unspecified atom stereocenters. The molecule has 16 heavy (non-hydrogen) atoms. The Morgan fingerprint density at radius 1 is 1.38 bits per heavy atom. The third-order valence-electron chi connectivity index (χ3n) is 2.98. The van der Waals surface area contributed by atoms with Gasteiger partial charge in [0.15, 0.2) is 0 Å². The van der Waals surface area contributed by atoms with E-state index in [-0.39, 0.29) is 5.82 Å². The molecule has 1 aliphatic rings. The molecule has 1 N–H and O–H groups in total. The van der Waals surface area contributed by atoms with Crippen LogP contribution in [0.15, 0.2) is 37.0 Å². The monoisotopic (exact) mass is 220 g/mol. The van der Waals surface area contributed by atoms with Crippen molar-refractivity contribution in [3.05, 3.63) is 42.9 Å². The second-order valence-corrected chi connectivity index (χ2v) is 4.15. The van der Waals surface area contributed by atoms with E-state index < -0.39 is 0 Å². The second-order valence-electron chi connectivity index (χ2n) is 4.15. The highest BCUT2D eigenvalue weighted by Crippen LogP contribution is 2.17. The quantitative estimate of drug-likeness (QED) is 0.842. The predicted molar refractivity (Wildman–Crippen MR) is 64.8 cm³/mol. The lowest BCUT2D eigenvalue weighted by Gasteiger charge is -2.31. The third kappa shape index (κ3) is 2.75. The predicted octanol–water partition coefficient (Wildman–Crippen LogP) is 2.85. The molecule has 0 aromatic heterocycles. The van der Waals surface area contributed by atoms with Crippen LogP contribution in [0.1, 0.15) is 12.8 Å². The zero-order valence-corrected chi connectivity index (χ0v) is 9.32. The molecule has 2 rings (SSSR count). The number of likely N-dealkylation sites (tertiary alicyclic amines) is 1. The van der Waals surface area contributed by atoms with E-state index >= 15 is 0 Å². The van der Waals surface area contributed by atoms with Crippen LogP contribution < -0.4 is 5.32 Å². The van der Waals surface area contributed by atoms with Gasteiger partial charge in [0, 0.05) is 24.8 Å². The fourth-order valence-electron chi connectivity index (χ4n) is 2.04. The van der Waals surface area contributed by atoms with Crippen molar-refractivity contribution in [2.24, 2.45) is 0 Å².